The third-order valence-electron chi connectivity index (χ3n) is 14.5. The predicted octanol–water partition coefficient (Wildman–Crippen LogP) is 18.4. The first-order valence-corrected chi connectivity index (χ1v) is 32.5. The van der Waals surface area contributed by atoms with E-state index in [1.54, 1.807) is 0 Å². The second kappa shape index (κ2) is 53.1. The Morgan fingerprint density at radius 1 is 0.486 bits per heavy atom. The Hall–Kier alpha value is -0.760. The van der Waals surface area contributed by atoms with Crippen LogP contribution in [0.1, 0.15) is 322 Å². The molecule has 2 N–H and O–H groups in total. The number of allylic oxidation sites excluding steroid dienone is 2. The van der Waals surface area contributed by atoms with Crippen LogP contribution in [0.4, 0.5) is 0 Å². The minimum Gasteiger partial charge on any atom is -0.756 e. The fourth-order valence-electron chi connectivity index (χ4n) is 9.63. The Morgan fingerprint density at radius 2 is 0.786 bits per heavy atom. The van der Waals surface area contributed by atoms with Gasteiger partial charge in [0.25, 0.3) is 7.82 Å². The molecular weight excluding hydrogens is 888 g/mol. The van der Waals surface area contributed by atoms with E-state index in [4.69, 9.17) is 9.05 Å². The van der Waals surface area contributed by atoms with Gasteiger partial charge in [-0.25, -0.2) is 0 Å². The quantitative estimate of drug-likeness (QED) is 0.0272. The van der Waals surface area contributed by atoms with Crippen LogP contribution in [0.15, 0.2) is 12.2 Å². The molecule has 0 aliphatic rings. The molecule has 0 heterocycles. The van der Waals surface area contributed by atoms with Crippen LogP contribution < -0.4 is 10.2 Å². The van der Waals surface area contributed by atoms with Crippen LogP contribution in [-0.2, 0) is 18.4 Å². The molecule has 0 radical (unpaired) electrons. The molecule has 0 aliphatic carbocycles. The maximum Gasteiger partial charge on any atom is 0.268 e. The van der Waals surface area contributed by atoms with Gasteiger partial charge in [-0.2, -0.15) is 0 Å². The number of amides is 1. The molecule has 9 heteroatoms. The molecule has 8 nitrogen and oxygen atoms in total. The minimum atomic E-state index is -4.57. The molecule has 70 heavy (non-hydrogen) atoms. The highest BCUT2D eigenvalue weighted by Crippen LogP contribution is 2.38. The average Bonchev–Trinajstić information content (AvgIpc) is 3.32. The summed E-state index contributed by atoms with van der Waals surface area (Å²) in [5, 5.41) is 14.1. The summed E-state index contributed by atoms with van der Waals surface area (Å²) in [7, 11) is 1.32. The number of unbranched alkanes of at least 4 members (excludes halogenated alkanes) is 43. The molecule has 0 rings (SSSR count). The smallest absolute Gasteiger partial charge is 0.268 e. The first-order valence-electron chi connectivity index (χ1n) is 31.0. The van der Waals surface area contributed by atoms with Crippen molar-refractivity contribution in [3.63, 3.8) is 0 Å². The van der Waals surface area contributed by atoms with E-state index in [-0.39, 0.29) is 19.1 Å². The van der Waals surface area contributed by atoms with Crippen molar-refractivity contribution in [1.82, 2.24) is 5.32 Å². The van der Waals surface area contributed by atoms with Crippen molar-refractivity contribution in [3.8, 4) is 0 Å². The van der Waals surface area contributed by atoms with E-state index in [0.717, 1.165) is 38.5 Å². The van der Waals surface area contributed by atoms with Crippen molar-refractivity contribution in [2.24, 2.45) is 0 Å². The normalized spacial score (nSPS) is 13.9. The highest BCUT2D eigenvalue weighted by molar-refractivity contribution is 7.45. The maximum atomic E-state index is 13.0. The number of aliphatic hydroxyl groups excluding tert-OH is 1. The lowest BCUT2D eigenvalue weighted by atomic mass is 10.0. The molecule has 3 atom stereocenters. The summed E-state index contributed by atoms with van der Waals surface area (Å²) < 4.78 is 23.5. The zero-order valence-electron chi connectivity index (χ0n) is 47.8. The predicted molar refractivity (Wildman–Crippen MR) is 302 cm³/mol. The largest absolute Gasteiger partial charge is 0.756 e. The molecular formula is C61H123N2O6P. The molecule has 0 spiro atoms. The number of nitrogens with zero attached hydrogens (tertiary/aromatic N) is 1. The van der Waals surface area contributed by atoms with E-state index in [1.807, 2.05) is 21.1 Å². The van der Waals surface area contributed by atoms with Gasteiger partial charge >= 0.3 is 0 Å². The first-order chi connectivity index (χ1) is 34.0. The van der Waals surface area contributed by atoms with Crippen LogP contribution in [0, 0.1) is 0 Å². The minimum absolute atomic E-state index is 0.0148. The Balaban J connectivity index is 4.10. The summed E-state index contributed by atoms with van der Waals surface area (Å²) in [6, 6.07) is -0.799. The van der Waals surface area contributed by atoms with E-state index in [1.165, 1.54) is 257 Å². The summed E-state index contributed by atoms with van der Waals surface area (Å²) in [6.45, 7) is 4.78. The average molecular weight is 1010 g/mol. The van der Waals surface area contributed by atoms with Gasteiger partial charge in [-0.3, -0.25) is 9.36 Å². The Morgan fingerprint density at radius 3 is 1.11 bits per heavy atom. The number of aliphatic hydroxyl groups is 1. The number of carbonyl (C=O) groups is 1. The number of phosphoric ester groups is 1. The van der Waals surface area contributed by atoms with Gasteiger partial charge in [0.15, 0.2) is 0 Å². The van der Waals surface area contributed by atoms with Gasteiger partial charge in [-0.1, -0.05) is 289 Å². The molecule has 0 aromatic heterocycles. The highest BCUT2D eigenvalue weighted by atomic mass is 31.2. The van der Waals surface area contributed by atoms with Crippen LogP contribution in [0.5, 0.6) is 0 Å². The number of carbonyl (C=O) groups excluding carboxylic acids is 1. The van der Waals surface area contributed by atoms with E-state index in [2.05, 4.69) is 31.3 Å². The van der Waals surface area contributed by atoms with Gasteiger partial charge in [0.1, 0.15) is 13.2 Å². The number of hydrogen-bond donors (Lipinski definition) is 2. The SMILES string of the molecule is CCCCCCCCCC/C=C\CCCCCCCCCCCCCC(=O)NC(COP(=O)([O-])OCC[N+](C)(C)C)C(O)CCCCCCCCCCCCCCCCCCCCCCCCCCC. The van der Waals surface area contributed by atoms with E-state index < -0.39 is 20.0 Å². The fourth-order valence-corrected chi connectivity index (χ4v) is 10.4. The second-order valence-corrected chi connectivity index (χ2v) is 24.2. The van der Waals surface area contributed by atoms with Crippen LogP contribution in [0.25, 0.3) is 0 Å². The Bertz CT molecular complexity index is 1150. The van der Waals surface area contributed by atoms with Crippen molar-refractivity contribution < 1.29 is 32.9 Å². The topological polar surface area (TPSA) is 108 Å². The lowest BCUT2D eigenvalue weighted by molar-refractivity contribution is -0.870. The summed E-state index contributed by atoms with van der Waals surface area (Å²) >= 11 is 0. The lowest BCUT2D eigenvalue weighted by Crippen LogP contribution is -2.46. The monoisotopic (exact) mass is 1010 g/mol. The zero-order chi connectivity index (χ0) is 51.3. The van der Waals surface area contributed by atoms with Gasteiger partial charge in [-0.15, -0.1) is 0 Å². The van der Waals surface area contributed by atoms with Crippen LogP contribution in [-0.4, -0.2) is 68.5 Å². The van der Waals surface area contributed by atoms with Crippen LogP contribution >= 0.6 is 7.82 Å². The van der Waals surface area contributed by atoms with Crippen molar-refractivity contribution in [2.75, 3.05) is 40.9 Å². The molecule has 0 fully saturated rings. The first kappa shape index (κ1) is 69.2. The summed E-state index contributed by atoms with van der Waals surface area (Å²) in [5.41, 5.74) is 0. The van der Waals surface area contributed by atoms with Gasteiger partial charge < -0.3 is 28.8 Å². The van der Waals surface area contributed by atoms with Crippen LogP contribution in [0.3, 0.4) is 0 Å². The van der Waals surface area contributed by atoms with Gasteiger partial charge in [-0.05, 0) is 38.5 Å². The summed E-state index contributed by atoms with van der Waals surface area (Å²) in [4.78, 5) is 25.6. The van der Waals surface area contributed by atoms with E-state index in [0.29, 0.717) is 23.9 Å². The molecule has 1 amide bonds. The highest BCUT2D eigenvalue weighted by Gasteiger charge is 2.24. The number of quaternary nitrogens is 1. The van der Waals surface area contributed by atoms with Gasteiger partial charge in [0.05, 0.1) is 39.9 Å². The maximum absolute atomic E-state index is 13.0. The molecule has 0 aliphatic heterocycles. The molecule has 0 aromatic rings. The molecule has 0 saturated carbocycles. The van der Waals surface area contributed by atoms with Crippen molar-refractivity contribution >= 4 is 13.7 Å². The number of rotatable bonds is 58. The number of nitrogens with one attached hydrogen (secondary N) is 1. The van der Waals surface area contributed by atoms with Gasteiger partial charge in [0.2, 0.25) is 5.91 Å². The fraction of sp³-hybridized carbons (Fsp3) is 0.951. The van der Waals surface area contributed by atoms with Crippen molar-refractivity contribution in [1.29, 1.82) is 0 Å². The molecule has 0 bridgehead atoms. The molecule has 0 aromatic carbocycles. The van der Waals surface area contributed by atoms with Gasteiger partial charge in [0, 0.05) is 6.42 Å². The van der Waals surface area contributed by atoms with Crippen molar-refractivity contribution in [2.45, 2.75) is 334 Å². The lowest BCUT2D eigenvalue weighted by Gasteiger charge is -2.30. The third-order valence-corrected chi connectivity index (χ3v) is 15.5. The number of phosphoric acid groups is 1. The number of hydrogen-bond acceptors (Lipinski definition) is 6. The number of likely N-dealkylation sites (N-methyl/N-ethyl adjacent to an activating group) is 1. The summed E-state index contributed by atoms with van der Waals surface area (Å²) in [5.74, 6) is -0.159. The standard InChI is InChI=1S/C61H123N2O6P/c1-6-8-10-12-14-16-18-20-22-24-26-28-30-31-33-34-36-38-40-42-44-46-48-50-52-54-60(64)59(58-69-70(66,67)68-57-56-63(3,4)5)62-61(65)55-53-51-49-47-45-43-41-39-37-35-32-29-27-25-23-21-19-17-15-13-11-9-7-2/h25,27,59-60,64H,6-24,26,28-58H2,1-5H3,(H-,62,65,66,67)/b27-25-. The molecule has 418 valence electrons. The van der Waals surface area contributed by atoms with Crippen molar-refractivity contribution in [3.05, 3.63) is 12.2 Å². The zero-order valence-corrected chi connectivity index (χ0v) is 48.6. The van der Waals surface area contributed by atoms with Crippen LogP contribution in [0.2, 0.25) is 0 Å². The van der Waals surface area contributed by atoms with E-state index >= 15 is 0 Å². The summed E-state index contributed by atoms with van der Waals surface area (Å²) in [6.07, 6.45) is 65.4. The third kappa shape index (κ3) is 55.0. The Kier molecular flexibility index (Phi) is 52.5. The molecule has 0 saturated heterocycles. The molecule has 3 unspecified atom stereocenters. The Labute approximate surface area is 437 Å². The van der Waals surface area contributed by atoms with E-state index in [9.17, 15) is 19.4 Å². The second-order valence-electron chi connectivity index (χ2n) is 22.8.